The van der Waals surface area contributed by atoms with Crippen LogP contribution in [0.3, 0.4) is 0 Å². The summed E-state index contributed by atoms with van der Waals surface area (Å²) in [5.74, 6) is -1.52. The highest BCUT2D eigenvalue weighted by atomic mass is 16.3. The fraction of sp³-hybridized carbons (Fsp3) is 0.263. The van der Waals surface area contributed by atoms with Crippen molar-refractivity contribution in [1.29, 1.82) is 0 Å². The minimum atomic E-state index is -0.766. The number of aliphatic hydroxyl groups is 1. The fourth-order valence-electron chi connectivity index (χ4n) is 2.99. The van der Waals surface area contributed by atoms with Crippen LogP contribution >= 0.6 is 0 Å². The van der Waals surface area contributed by atoms with Crippen molar-refractivity contribution in [2.75, 3.05) is 11.9 Å². The van der Waals surface area contributed by atoms with Crippen LogP contribution in [-0.4, -0.2) is 34.1 Å². The number of anilines is 1. The van der Waals surface area contributed by atoms with Crippen LogP contribution in [-0.2, 0) is 16.1 Å². The Morgan fingerprint density at radius 3 is 2.52 bits per heavy atom. The second-order valence-corrected chi connectivity index (χ2v) is 6.00. The topological polar surface area (TPSA) is 83.4 Å². The van der Waals surface area contributed by atoms with Crippen LogP contribution in [0.25, 0.3) is 21.8 Å². The van der Waals surface area contributed by atoms with Crippen molar-refractivity contribution in [2.24, 2.45) is 0 Å². The maximum atomic E-state index is 12.0. The highest BCUT2D eigenvalue weighted by molar-refractivity contribution is 6.39. The summed E-state index contributed by atoms with van der Waals surface area (Å²) in [6.45, 7) is 4.34. The number of carbonyl (C=O) groups is 2. The van der Waals surface area contributed by atoms with E-state index in [0.717, 1.165) is 28.4 Å². The highest BCUT2D eigenvalue weighted by Crippen LogP contribution is 2.30. The number of benzene rings is 2. The highest BCUT2D eigenvalue weighted by Gasteiger charge is 2.17. The molecule has 1 atom stereocenters. The Kier molecular flexibility index (Phi) is 4.72. The number of rotatable bonds is 4. The van der Waals surface area contributed by atoms with Gasteiger partial charge in [0.25, 0.3) is 0 Å². The summed E-state index contributed by atoms with van der Waals surface area (Å²) < 4.78 is 2.21. The van der Waals surface area contributed by atoms with E-state index >= 15 is 0 Å². The third-order valence-electron chi connectivity index (χ3n) is 4.20. The van der Waals surface area contributed by atoms with E-state index in [2.05, 4.69) is 28.2 Å². The maximum Gasteiger partial charge on any atom is 0.313 e. The van der Waals surface area contributed by atoms with E-state index < -0.39 is 17.9 Å². The van der Waals surface area contributed by atoms with E-state index in [1.807, 2.05) is 30.3 Å². The predicted octanol–water partition coefficient (Wildman–Crippen LogP) is 2.25. The zero-order chi connectivity index (χ0) is 18.0. The lowest BCUT2D eigenvalue weighted by Crippen LogP contribution is -2.42. The van der Waals surface area contributed by atoms with Crippen LogP contribution in [0.5, 0.6) is 0 Å². The van der Waals surface area contributed by atoms with Crippen molar-refractivity contribution in [3.05, 3.63) is 42.5 Å². The molecule has 6 nitrogen and oxygen atoms in total. The van der Waals surface area contributed by atoms with Gasteiger partial charge >= 0.3 is 11.8 Å². The van der Waals surface area contributed by atoms with E-state index in [-0.39, 0.29) is 6.61 Å². The van der Waals surface area contributed by atoms with Gasteiger partial charge in [0.1, 0.15) is 0 Å². The molecule has 0 bridgehead atoms. The average Bonchev–Trinajstić information content (AvgIpc) is 2.94. The summed E-state index contributed by atoms with van der Waals surface area (Å²) in [6.07, 6.45) is 0. The van der Waals surface area contributed by atoms with E-state index in [4.69, 9.17) is 5.11 Å². The van der Waals surface area contributed by atoms with Gasteiger partial charge in [0, 0.05) is 40.1 Å². The molecular weight excluding hydrogens is 318 g/mol. The van der Waals surface area contributed by atoms with Gasteiger partial charge in [-0.2, -0.15) is 0 Å². The number of amides is 2. The predicted molar refractivity (Wildman–Crippen MR) is 98.4 cm³/mol. The molecule has 1 aromatic heterocycles. The van der Waals surface area contributed by atoms with Crippen LogP contribution in [0, 0.1) is 0 Å². The number of aryl methyl sites for hydroxylation is 1. The van der Waals surface area contributed by atoms with Crippen molar-refractivity contribution in [1.82, 2.24) is 9.88 Å². The van der Waals surface area contributed by atoms with Crippen molar-refractivity contribution < 1.29 is 14.7 Å². The molecule has 0 radical (unpaired) electrons. The second-order valence-electron chi connectivity index (χ2n) is 6.00. The lowest BCUT2D eigenvalue weighted by Gasteiger charge is -2.11. The van der Waals surface area contributed by atoms with Crippen molar-refractivity contribution >= 4 is 39.3 Å². The molecule has 1 heterocycles. The molecule has 0 aliphatic carbocycles. The molecule has 25 heavy (non-hydrogen) atoms. The number of aromatic nitrogens is 1. The molecule has 0 aliphatic heterocycles. The van der Waals surface area contributed by atoms with Crippen molar-refractivity contribution in [3.63, 3.8) is 0 Å². The summed E-state index contributed by atoms with van der Waals surface area (Å²) in [5.41, 5.74) is 2.78. The third-order valence-corrected chi connectivity index (χ3v) is 4.20. The van der Waals surface area contributed by atoms with Gasteiger partial charge in [0.2, 0.25) is 0 Å². The number of hydrogen-bond donors (Lipinski definition) is 3. The Bertz CT molecular complexity index is 946. The molecule has 6 heteroatoms. The average molecular weight is 339 g/mol. The van der Waals surface area contributed by atoms with Crippen molar-refractivity contribution in [2.45, 2.75) is 26.4 Å². The van der Waals surface area contributed by atoms with Gasteiger partial charge in [0.15, 0.2) is 0 Å². The van der Waals surface area contributed by atoms with Crippen LogP contribution in [0.15, 0.2) is 42.5 Å². The van der Waals surface area contributed by atoms with Crippen LogP contribution in [0.2, 0.25) is 0 Å². The zero-order valence-electron chi connectivity index (χ0n) is 14.2. The normalized spacial score (nSPS) is 12.3. The van der Waals surface area contributed by atoms with Gasteiger partial charge in [-0.15, -0.1) is 0 Å². The van der Waals surface area contributed by atoms with E-state index in [9.17, 15) is 9.59 Å². The molecule has 0 saturated carbocycles. The Balaban J connectivity index is 1.93. The van der Waals surface area contributed by atoms with Gasteiger partial charge < -0.3 is 20.3 Å². The largest absolute Gasteiger partial charge is 0.394 e. The van der Waals surface area contributed by atoms with Crippen molar-refractivity contribution in [3.8, 4) is 0 Å². The number of fused-ring (bicyclic) bond motifs is 3. The first-order valence-corrected chi connectivity index (χ1v) is 8.28. The fourth-order valence-corrected chi connectivity index (χ4v) is 2.99. The molecule has 0 aliphatic rings. The maximum absolute atomic E-state index is 12.0. The first-order chi connectivity index (χ1) is 12.0. The second kappa shape index (κ2) is 6.94. The number of nitrogens with one attached hydrogen (secondary N) is 2. The smallest absolute Gasteiger partial charge is 0.313 e. The first kappa shape index (κ1) is 17.0. The third kappa shape index (κ3) is 3.21. The zero-order valence-corrected chi connectivity index (χ0v) is 14.2. The molecule has 3 N–H and O–H groups in total. The monoisotopic (exact) mass is 339 g/mol. The number of aliphatic hydroxyl groups excluding tert-OH is 1. The Labute approximate surface area is 145 Å². The van der Waals surface area contributed by atoms with Gasteiger partial charge in [-0.3, -0.25) is 9.59 Å². The molecule has 3 aromatic rings. The standard InChI is InChI=1S/C19H21N3O3/c1-3-22-16-7-5-4-6-14(16)15-10-13(8-9-17(15)22)21-19(25)18(24)20-12(2)11-23/h4-10,12,23H,3,11H2,1-2H3,(H,20,24)(H,21,25). The molecular formula is C19H21N3O3. The molecule has 3 rings (SSSR count). The van der Waals surface area contributed by atoms with Crippen LogP contribution < -0.4 is 10.6 Å². The minimum Gasteiger partial charge on any atom is -0.394 e. The molecule has 2 aromatic carbocycles. The molecule has 1 unspecified atom stereocenters. The van der Waals surface area contributed by atoms with E-state index in [1.54, 1.807) is 13.0 Å². The Morgan fingerprint density at radius 2 is 1.80 bits per heavy atom. The summed E-state index contributed by atoms with van der Waals surface area (Å²) in [5, 5.41) is 16.1. The van der Waals surface area contributed by atoms with Gasteiger partial charge in [-0.25, -0.2) is 0 Å². The SMILES string of the molecule is CCn1c2ccccc2c2cc(NC(=O)C(=O)NC(C)CO)ccc21. The Morgan fingerprint density at radius 1 is 1.08 bits per heavy atom. The van der Waals surface area contributed by atoms with Gasteiger partial charge in [0.05, 0.1) is 6.61 Å². The van der Waals surface area contributed by atoms with Gasteiger partial charge in [-0.05, 0) is 38.1 Å². The number of carbonyl (C=O) groups excluding carboxylic acids is 2. The summed E-state index contributed by atoms with van der Waals surface area (Å²) >= 11 is 0. The van der Waals surface area contributed by atoms with E-state index in [0.29, 0.717) is 5.69 Å². The molecule has 2 amide bonds. The lowest BCUT2D eigenvalue weighted by atomic mass is 10.1. The number of nitrogens with zero attached hydrogens (tertiary/aromatic N) is 1. The number of hydrogen-bond acceptors (Lipinski definition) is 3. The molecule has 0 spiro atoms. The van der Waals surface area contributed by atoms with Crippen LogP contribution in [0.1, 0.15) is 13.8 Å². The summed E-state index contributed by atoms with van der Waals surface area (Å²) in [6, 6.07) is 13.2. The summed E-state index contributed by atoms with van der Waals surface area (Å²) in [4.78, 5) is 23.8. The molecule has 0 fully saturated rings. The molecule has 0 saturated heterocycles. The first-order valence-electron chi connectivity index (χ1n) is 8.28. The van der Waals surface area contributed by atoms with Gasteiger partial charge in [-0.1, -0.05) is 18.2 Å². The quantitative estimate of drug-likeness (QED) is 0.638. The molecule has 130 valence electrons. The van der Waals surface area contributed by atoms with E-state index in [1.165, 1.54) is 0 Å². The van der Waals surface area contributed by atoms with Crippen LogP contribution in [0.4, 0.5) is 5.69 Å². The minimum absolute atomic E-state index is 0.221. The summed E-state index contributed by atoms with van der Waals surface area (Å²) in [7, 11) is 0. The lowest BCUT2D eigenvalue weighted by molar-refractivity contribution is -0.136. The Hall–Kier alpha value is -2.86. The number of para-hydroxylation sites is 1.